The average molecular weight is 339 g/mol. The zero-order valence-corrected chi connectivity index (χ0v) is 14.2. The Kier molecular flexibility index (Phi) is 4.90. The molecule has 0 radical (unpaired) electrons. The zero-order chi connectivity index (χ0) is 16.9. The summed E-state index contributed by atoms with van der Waals surface area (Å²) >= 11 is 1.40. The fourth-order valence-electron chi connectivity index (χ4n) is 2.10. The number of nitrogens with zero attached hydrogens (tertiary/aromatic N) is 4. The summed E-state index contributed by atoms with van der Waals surface area (Å²) in [6.45, 7) is 4.24. The van der Waals surface area contributed by atoms with Crippen molar-refractivity contribution in [2.75, 3.05) is 5.32 Å². The lowest BCUT2D eigenvalue weighted by molar-refractivity contribution is -0.111. The quantitative estimate of drug-likeness (QED) is 0.721. The summed E-state index contributed by atoms with van der Waals surface area (Å²) in [4.78, 5) is 20.7. The number of carbonyl (C=O) groups excluding carboxylic acids is 1. The van der Waals surface area contributed by atoms with E-state index in [-0.39, 0.29) is 5.91 Å². The van der Waals surface area contributed by atoms with Crippen LogP contribution in [-0.2, 0) is 11.2 Å². The summed E-state index contributed by atoms with van der Waals surface area (Å²) < 4.78 is 0. The molecule has 0 aliphatic rings. The van der Waals surface area contributed by atoms with Crippen LogP contribution < -0.4 is 5.32 Å². The van der Waals surface area contributed by atoms with Crippen molar-refractivity contribution in [3.05, 3.63) is 47.2 Å². The predicted octanol–water partition coefficient (Wildman–Crippen LogP) is 3.33. The number of amides is 1. The van der Waals surface area contributed by atoms with Crippen LogP contribution in [0.1, 0.15) is 24.5 Å². The Morgan fingerprint density at radius 2 is 2.04 bits per heavy atom. The van der Waals surface area contributed by atoms with Gasteiger partial charge >= 0.3 is 0 Å². The summed E-state index contributed by atoms with van der Waals surface area (Å²) in [5.74, 6) is 0.241. The molecule has 122 valence electrons. The van der Waals surface area contributed by atoms with Crippen molar-refractivity contribution in [1.82, 2.24) is 20.2 Å². The van der Waals surface area contributed by atoms with Gasteiger partial charge < -0.3 is 0 Å². The first-order valence-corrected chi connectivity index (χ1v) is 8.45. The van der Waals surface area contributed by atoms with Gasteiger partial charge in [-0.1, -0.05) is 37.3 Å². The fraction of sp³-hybridized carbons (Fsp3) is 0.235. The van der Waals surface area contributed by atoms with Crippen molar-refractivity contribution in [3.8, 4) is 0 Å². The van der Waals surface area contributed by atoms with E-state index in [1.54, 1.807) is 12.3 Å². The van der Waals surface area contributed by atoms with Gasteiger partial charge in [0.2, 0.25) is 11.0 Å². The molecule has 0 aliphatic carbocycles. The Hall–Kier alpha value is -2.67. The molecule has 0 saturated heterocycles. The highest BCUT2D eigenvalue weighted by molar-refractivity contribution is 7.15. The van der Waals surface area contributed by atoms with E-state index in [4.69, 9.17) is 0 Å². The maximum absolute atomic E-state index is 12.0. The van der Waals surface area contributed by atoms with Crippen LogP contribution in [0.2, 0.25) is 0 Å². The lowest BCUT2D eigenvalue weighted by Gasteiger charge is -1.98. The summed E-state index contributed by atoms with van der Waals surface area (Å²) in [5.41, 5.74) is 2.25. The highest BCUT2D eigenvalue weighted by Gasteiger charge is 2.07. The Labute approximate surface area is 143 Å². The molecule has 3 rings (SSSR count). The predicted molar refractivity (Wildman–Crippen MR) is 95.7 cm³/mol. The van der Waals surface area contributed by atoms with Gasteiger partial charge in [-0.05, 0) is 24.1 Å². The highest BCUT2D eigenvalue weighted by Crippen LogP contribution is 2.18. The van der Waals surface area contributed by atoms with Gasteiger partial charge in [-0.25, -0.2) is 4.98 Å². The Morgan fingerprint density at radius 1 is 1.25 bits per heavy atom. The molecule has 0 aliphatic heterocycles. The van der Waals surface area contributed by atoms with E-state index in [1.165, 1.54) is 17.4 Å². The molecule has 6 nitrogen and oxygen atoms in total. The number of nitrogens with one attached hydrogen (secondary N) is 1. The summed E-state index contributed by atoms with van der Waals surface area (Å²) in [7, 11) is 0. The molecular formula is C17H17N5OS. The largest absolute Gasteiger partial charge is 0.297 e. The van der Waals surface area contributed by atoms with E-state index in [0.29, 0.717) is 16.7 Å². The molecule has 24 heavy (non-hydrogen) atoms. The van der Waals surface area contributed by atoms with Crippen molar-refractivity contribution >= 4 is 39.5 Å². The van der Waals surface area contributed by atoms with E-state index in [9.17, 15) is 4.79 Å². The van der Waals surface area contributed by atoms with E-state index >= 15 is 0 Å². The third-order valence-electron chi connectivity index (χ3n) is 3.15. The number of aromatic nitrogens is 4. The van der Waals surface area contributed by atoms with Gasteiger partial charge in [-0.2, -0.15) is 0 Å². The SMILES string of the molecule is CC(C)Cc1nnc(NC(=O)/C=C/c2cnc3ccccc3n2)s1. The topological polar surface area (TPSA) is 80.7 Å². The maximum Gasteiger partial charge on any atom is 0.250 e. The molecule has 3 aromatic rings. The first kappa shape index (κ1) is 16.2. The fourth-order valence-corrected chi connectivity index (χ4v) is 3.05. The van der Waals surface area contributed by atoms with Gasteiger partial charge in [0.1, 0.15) is 5.01 Å². The first-order valence-electron chi connectivity index (χ1n) is 7.63. The van der Waals surface area contributed by atoms with Crippen molar-refractivity contribution in [3.63, 3.8) is 0 Å². The van der Waals surface area contributed by atoms with Crippen LogP contribution in [0.25, 0.3) is 17.1 Å². The van der Waals surface area contributed by atoms with Gasteiger partial charge in [0.25, 0.3) is 0 Å². The Morgan fingerprint density at radius 3 is 2.83 bits per heavy atom. The molecule has 1 amide bonds. The second-order valence-electron chi connectivity index (χ2n) is 5.71. The van der Waals surface area contributed by atoms with Gasteiger partial charge in [-0.15, -0.1) is 10.2 Å². The van der Waals surface area contributed by atoms with Crippen molar-refractivity contribution in [2.45, 2.75) is 20.3 Å². The van der Waals surface area contributed by atoms with Crippen LogP contribution in [0, 0.1) is 5.92 Å². The number of para-hydroxylation sites is 2. The summed E-state index contributed by atoms with van der Waals surface area (Å²) in [5, 5.41) is 12.2. The molecule has 0 saturated carbocycles. The molecular weight excluding hydrogens is 322 g/mol. The van der Waals surface area contributed by atoms with Gasteiger partial charge in [-0.3, -0.25) is 15.1 Å². The maximum atomic E-state index is 12.0. The monoisotopic (exact) mass is 339 g/mol. The molecule has 0 spiro atoms. The zero-order valence-electron chi connectivity index (χ0n) is 13.4. The molecule has 1 aromatic carbocycles. The van der Waals surface area contributed by atoms with Crippen molar-refractivity contribution < 1.29 is 4.79 Å². The third-order valence-corrected chi connectivity index (χ3v) is 4.01. The third kappa shape index (κ3) is 4.20. The molecule has 1 N–H and O–H groups in total. The van der Waals surface area contributed by atoms with E-state index < -0.39 is 0 Å². The molecule has 0 unspecified atom stereocenters. The second kappa shape index (κ2) is 7.27. The van der Waals surface area contributed by atoms with Crippen LogP contribution in [-0.4, -0.2) is 26.1 Å². The van der Waals surface area contributed by atoms with Crippen LogP contribution in [0.4, 0.5) is 5.13 Å². The number of hydrogen-bond acceptors (Lipinski definition) is 6. The minimum absolute atomic E-state index is 0.266. The van der Waals surface area contributed by atoms with Crippen molar-refractivity contribution in [2.24, 2.45) is 5.92 Å². The molecule has 2 heterocycles. The number of hydrogen-bond donors (Lipinski definition) is 1. The Bertz CT molecular complexity index is 887. The minimum Gasteiger partial charge on any atom is -0.297 e. The lowest BCUT2D eigenvalue weighted by atomic mass is 10.1. The first-order chi connectivity index (χ1) is 11.6. The highest BCUT2D eigenvalue weighted by atomic mass is 32.1. The standard InChI is InChI=1S/C17H17N5OS/c1-11(2)9-16-21-22-17(24-16)20-15(23)8-7-12-10-18-13-5-3-4-6-14(13)19-12/h3-8,10-11H,9H2,1-2H3,(H,20,22,23)/b8-7+. The number of carbonyl (C=O) groups is 1. The van der Waals surface area contributed by atoms with E-state index in [2.05, 4.69) is 39.3 Å². The minimum atomic E-state index is -0.266. The smallest absolute Gasteiger partial charge is 0.250 e. The second-order valence-corrected chi connectivity index (χ2v) is 6.77. The number of rotatable bonds is 5. The molecule has 0 atom stereocenters. The van der Waals surface area contributed by atoms with Gasteiger partial charge in [0.15, 0.2) is 0 Å². The van der Waals surface area contributed by atoms with Gasteiger partial charge in [0, 0.05) is 12.5 Å². The molecule has 2 aromatic heterocycles. The molecule has 7 heteroatoms. The molecule has 0 bridgehead atoms. The van der Waals surface area contributed by atoms with Crippen LogP contribution in [0.15, 0.2) is 36.5 Å². The molecule has 0 fully saturated rings. The number of anilines is 1. The van der Waals surface area contributed by atoms with E-state index in [1.807, 2.05) is 24.3 Å². The number of benzene rings is 1. The summed E-state index contributed by atoms with van der Waals surface area (Å²) in [6, 6.07) is 7.60. The average Bonchev–Trinajstić information content (AvgIpc) is 2.99. The normalized spacial score (nSPS) is 11.5. The Balaban J connectivity index is 1.64. The lowest BCUT2D eigenvalue weighted by Crippen LogP contribution is -2.07. The number of fused-ring (bicyclic) bond motifs is 1. The van der Waals surface area contributed by atoms with Crippen LogP contribution >= 0.6 is 11.3 Å². The van der Waals surface area contributed by atoms with E-state index in [0.717, 1.165) is 22.5 Å². The summed E-state index contributed by atoms with van der Waals surface area (Å²) in [6.07, 6.45) is 5.54. The van der Waals surface area contributed by atoms with Gasteiger partial charge in [0.05, 0.1) is 22.9 Å². The van der Waals surface area contributed by atoms with Crippen LogP contribution in [0.5, 0.6) is 0 Å². The van der Waals surface area contributed by atoms with Crippen molar-refractivity contribution in [1.29, 1.82) is 0 Å². The van der Waals surface area contributed by atoms with Crippen LogP contribution in [0.3, 0.4) is 0 Å².